The van der Waals surface area contributed by atoms with Crippen LogP contribution in [-0.2, 0) is 35.6 Å². The molecule has 1 amide bonds. The second kappa shape index (κ2) is 10.2. The number of rotatable bonds is 6. The van der Waals surface area contributed by atoms with Gasteiger partial charge < -0.3 is 39.0 Å². The zero-order valence-corrected chi connectivity index (χ0v) is 25.7. The summed E-state index contributed by atoms with van der Waals surface area (Å²) in [5.74, 6) is -0.181. The Morgan fingerprint density at radius 3 is 2.48 bits per heavy atom. The molecule has 1 aromatic rings. The monoisotopic (exact) mass is 586 g/mol. The molecule has 11 heteroatoms. The highest BCUT2D eigenvalue weighted by molar-refractivity contribution is 5.87. The molecule has 2 N–H and O–H groups in total. The molecule has 4 aliphatic rings. The fourth-order valence-electron chi connectivity index (χ4n) is 6.94. The summed E-state index contributed by atoms with van der Waals surface area (Å²) in [7, 11) is 3.59. The first-order valence-electron chi connectivity index (χ1n) is 14.4. The molecule has 1 aromatic carbocycles. The Morgan fingerprint density at radius 1 is 1.14 bits per heavy atom. The van der Waals surface area contributed by atoms with E-state index in [1.165, 1.54) is 0 Å². The number of benzene rings is 1. The van der Waals surface area contributed by atoms with Crippen LogP contribution in [0.25, 0.3) is 0 Å². The summed E-state index contributed by atoms with van der Waals surface area (Å²) in [6.45, 7) is 10.9. The summed E-state index contributed by atoms with van der Waals surface area (Å²) in [6.07, 6.45) is 1.08. The zero-order valence-electron chi connectivity index (χ0n) is 25.7. The lowest BCUT2D eigenvalue weighted by molar-refractivity contribution is -0.170. The van der Waals surface area contributed by atoms with Gasteiger partial charge in [0.2, 0.25) is 0 Å². The van der Waals surface area contributed by atoms with E-state index >= 15 is 0 Å². The Balaban J connectivity index is 1.43. The average molecular weight is 587 g/mol. The number of methoxy groups -OCH3 is 1. The quantitative estimate of drug-likeness (QED) is 0.378. The number of carbonyl (C=O) groups is 3. The van der Waals surface area contributed by atoms with Crippen molar-refractivity contribution in [1.29, 1.82) is 0 Å². The molecule has 2 heterocycles. The van der Waals surface area contributed by atoms with E-state index in [2.05, 4.69) is 10.2 Å². The number of amides is 1. The summed E-state index contributed by atoms with van der Waals surface area (Å²) >= 11 is 0. The van der Waals surface area contributed by atoms with Gasteiger partial charge in [-0.1, -0.05) is 6.07 Å². The molecule has 230 valence electrons. The third-order valence-corrected chi connectivity index (χ3v) is 8.54. The van der Waals surface area contributed by atoms with Crippen LogP contribution in [0.2, 0.25) is 0 Å². The zero-order chi connectivity index (χ0) is 30.8. The molecule has 2 aliphatic carbocycles. The fourth-order valence-corrected chi connectivity index (χ4v) is 6.94. The van der Waals surface area contributed by atoms with Crippen molar-refractivity contribution in [2.24, 2.45) is 0 Å². The minimum absolute atomic E-state index is 0.146. The minimum Gasteiger partial charge on any atom is -0.493 e. The van der Waals surface area contributed by atoms with Crippen LogP contribution < -0.4 is 14.8 Å². The van der Waals surface area contributed by atoms with Crippen molar-refractivity contribution in [3.8, 4) is 11.5 Å². The lowest BCUT2D eigenvalue weighted by atomic mass is 9.50. The van der Waals surface area contributed by atoms with Gasteiger partial charge in [0, 0.05) is 18.0 Å². The first kappa shape index (κ1) is 30.2. The molecule has 0 aromatic heterocycles. The summed E-state index contributed by atoms with van der Waals surface area (Å²) < 4.78 is 28.8. The van der Waals surface area contributed by atoms with Gasteiger partial charge in [-0.3, -0.25) is 4.79 Å². The number of hydrogen-bond acceptors (Lipinski definition) is 10. The van der Waals surface area contributed by atoms with Gasteiger partial charge in [-0.2, -0.15) is 0 Å². The number of alkyl carbamates (subject to hydrolysis) is 1. The highest BCUT2D eigenvalue weighted by atomic mass is 16.6. The van der Waals surface area contributed by atoms with Crippen molar-refractivity contribution in [3.05, 3.63) is 35.1 Å². The molecule has 5 rings (SSSR count). The molecule has 0 unspecified atom stereocenters. The molecule has 42 heavy (non-hydrogen) atoms. The van der Waals surface area contributed by atoms with Crippen LogP contribution in [0, 0.1) is 0 Å². The molecule has 5 atom stereocenters. The Bertz CT molecular complexity index is 1330. The van der Waals surface area contributed by atoms with E-state index in [0.717, 1.165) is 17.7 Å². The van der Waals surface area contributed by atoms with Crippen molar-refractivity contribution in [3.63, 3.8) is 0 Å². The summed E-state index contributed by atoms with van der Waals surface area (Å²) in [4.78, 5) is 41.1. The molecule has 0 radical (unpaired) electrons. The van der Waals surface area contributed by atoms with Crippen molar-refractivity contribution in [2.75, 3.05) is 20.7 Å². The van der Waals surface area contributed by atoms with Gasteiger partial charge in [0.05, 0.1) is 24.5 Å². The van der Waals surface area contributed by atoms with E-state index < -0.39 is 58.8 Å². The number of ether oxygens (including phenoxy) is 5. The second-order valence-corrected chi connectivity index (χ2v) is 13.7. The van der Waals surface area contributed by atoms with E-state index in [4.69, 9.17) is 23.7 Å². The lowest BCUT2D eigenvalue weighted by Gasteiger charge is -2.61. The summed E-state index contributed by atoms with van der Waals surface area (Å²) in [5.41, 5.74) is -1.66. The van der Waals surface area contributed by atoms with E-state index in [1.54, 1.807) is 54.7 Å². The number of hydrogen-bond donors (Lipinski definition) is 2. The van der Waals surface area contributed by atoms with E-state index in [0.29, 0.717) is 24.3 Å². The number of aliphatic hydroxyl groups is 1. The van der Waals surface area contributed by atoms with Crippen LogP contribution in [0.1, 0.15) is 71.9 Å². The SMILES string of the molecule is COc1ccc2c3c1O[C@H]1C(OC(=O)C[C@H](NC(=O)OC(C)(C)C)C(=O)OC(C)(C)C)=CC[C@@]4(O)[C@H](C2)N(C)CC[C@]314. The predicted molar refractivity (Wildman–Crippen MR) is 151 cm³/mol. The van der Waals surface area contributed by atoms with Gasteiger partial charge in [-0.05, 0) is 85.7 Å². The maximum Gasteiger partial charge on any atom is 0.408 e. The van der Waals surface area contributed by atoms with Gasteiger partial charge >= 0.3 is 18.0 Å². The number of likely N-dealkylation sites (N-methyl/N-ethyl adjacent to an activating group) is 1. The molecule has 1 spiro atoms. The number of piperidine rings is 1. The van der Waals surface area contributed by atoms with E-state index in [-0.39, 0.29) is 18.2 Å². The van der Waals surface area contributed by atoms with Crippen LogP contribution in [0.15, 0.2) is 24.0 Å². The molecule has 2 aliphatic heterocycles. The number of likely N-dealkylation sites (tertiary alicyclic amines) is 1. The van der Waals surface area contributed by atoms with E-state index in [9.17, 15) is 19.5 Å². The maximum atomic E-state index is 13.4. The van der Waals surface area contributed by atoms with Gasteiger partial charge in [-0.25, -0.2) is 9.59 Å². The van der Waals surface area contributed by atoms with Gasteiger partial charge in [0.25, 0.3) is 0 Å². The highest BCUT2D eigenvalue weighted by Gasteiger charge is 2.72. The maximum absolute atomic E-state index is 13.4. The standard InChI is InChI=1S/C31H42N2O9/c1-28(2,3)41-26(35)18(32-27(36)42-29(4,5)6)16-22(34)39-20-11-12-31(37)21-15-17-9-10-19(38-8)24-23(17)30(31,25(20)40-24)13-14-33(21)7/h9-11,18,21,25,37H,12-16H2,1-8H3,(H,32,36)/t18-,21-,25-,30-,31+/m0/s1. The third kappa shape index (κ3) is 5.00. The van der Waals surface area contributed by atoms with Crippen molar-refractivity contribution >= 4 is 18.0 Å². The molecular weight excluding hydrogens is 544 g/mol. The van der Waals surface area contributed by atoms with Gasteiger partial charge in [0.1, 0.15) is 23.0 Å². The average Bonchev–Trinajstić information content (AvgIpc) is 3.21. The molecule has 2 bridgehead atoms. The number of nitrogens with zero attached hydrogens (tertiary/aromatic N) is 1. The van der Waals surface area contributed by atoms with Crippen LogP contribution in [0.3, 0.4) is 0 Å². The van der Waals surface area contributed by atoms with Crippen LogP contribution in [0.4, 0.5) is 4.79 Å². The molecule has 1 fully saturated rings. The molecular formula is C31H42N2O9. The Labute approximate surface area is 246 Å². The fraction of sp³-hybridized carbons (Fsp3) is 0.645. The first-order chi connectivity index (χ1) is 19.5. The topological polar surface area (TPSA) is 133 Å². The Hall–Kier alpha value is -3.31. The molecule has 1 saturated heterocycles. The molecule has 11 nitrogen and oxygen atoms in total. The van der Waals surface area contributed by atoms with Crippen LogP contribution in [0.5, 0.6) is 11.5 Å². The first-order valence-corrected chi connectivity index (χ1v) is 14.4. The number of esters is 2. The Morgan fingerprint density at radius 2 is 1.83 bits per heavy atom. The smallest absolute Gasteiger partial charge is 0.408 e. The van der Waals surface area contributed by atoms with Gasteiger partial charge in [-0.15, -0.1) is 0 Å². The van der Waals surface area contributed by atoms with Gasteiger partial charge in [0.15, 0.2) is 17.6 Å². The number of nitrogens with one attached hydrogen (secondary N) is 1. The Kier molecular flexibility index (Phi) is 7.29. The summed E-state index contributed by atoms with van der Waals surface area (Å²) in [5, 5.41) is 14.8. The largest absolute Gasteiger partial charge is 0.493 e. The van der Waals surface area contributed by atoms with E-state index in [1.807, 2.05) is 19.2 Å². The predicted octanol–water partition coefficient (Wildman–Crippen LogP) is 3.14. The third-order valence-electron chi connectivity index (χ3n) is 8.54. The number of carbonyl (C=O) groups excluding carboxylic acids is 3. The minimum atomic E-state index is -1.35. The van der Waals surface area contributed by atoms with Crippen LogP contribution >= 0.6 is 0 Å². The molecule has 0 saturated carbocycles. The van der Waals surface area contributed by atoms with Crippen molar-refractivity contribution < 1.29 is 43.2 Å². The highest BCUT2D eigenvalue weighted by Crippen LogP contribution is 2.65. The second-order valence-electron chi connectivity index (χ2n) is 13.7. The normalized spacial score (nSPS) is 28.5. The lowest BCUT2D eigenvalue weighted by Crippen LogP contribution is -2.74. The van der Waals surface area contributed by atoms with Crippen molar-refractivity contribution in [2.45, 2.75) is 108 Å². The van der Waals surface area contributed by atoms with Crippen LogP contribution in [-0.4, -0.2) is 83.7 Å². The van der Waals surface area contributed by atoms with Crippen molar-refractivity contribution in [1.82, 2.24) is 10.2 Å². The summed E-state index contributed by atoms with van der Waals surface area (Å²) in [6, 6.07) is 2.40.